The average Bonchev–Trinajstić information content (AvgIpc) is 2.62. The highest BCUT2D eigenvalue weighted by molar-refractivity contribution is 7.78. The molecule has 3 rings (SSSR count). The number of nitrogens with zero attached hydrogens (tertiary/aromatic N) is 3. The van der Waals surface area contributed by atoms with Gasteiger partial charge in [0.2, 0.25) is 0 Å². The fourth-order valence-electron chi connectivity index (χ4n) is 2.46. The van der Waals surface area contributed by atoms with Crippen LogP contribution < -0.4 is 5.32 Å². The van der Waals surface area contributed by atoms with Crippen LogP contribution in [0.1, 0.15) is 11.4 Å². The molecule has 144 valence electrons. The fraction of sp³-hybridized carbons (Fsp3) is 0.211. The number of hydrogen-bond acceptors (Lipinski definition) is 7. The standard InChI is InChI=1S/C15H11N3S.C4H7NO4/c1-9-3-5-11-7-13(16-8-19)12-6-4-10(2)18-15(12)14(11)17-9;6-3(7)1-5-2-4(8)9/h3-7H,1-2H3;5H,1-2H2,(H,6,7)(H,8,9). The number of rotatable bonds is 5. The first-order chi connectivity index (χ1) is 13.3. The number of pyridine rings is 2. The van der Waals surface area contributed by atoms with E-state index >= 15 is 0 Å². The average molecular weight is 398 g/mol. The lowest BCUT2D eigenvalue weighted by Crippen LogP contribution is -2.27. The van der Waals surface area contributed by atoms with Gasteiger partial charge in [-0.15, -0.1) is 0 Å². The van der Waals surface area contributed by atoms with Crippen molar-refractivity contribution in [1.29, 1.82) is 0 Å². The van der Waals surface area contributed by atoms with Crippen molar-refractivity contribution in [1.82, 2.24) is 15.3 Å². The third-order valence-electron chi connectivity index (χ3n) is 3.61. The molecule has 0 saturated heterocycles. The van der Waals surface area contributed by atoms with Gasteiger partial charge in [-0.25, -0.2) is 0 Å². The van der Waals surface area contributed by atoms with Crippen molar-refractivity contribution in [3.63, 3.8) is 0 Å². The number of hydrogen-bond donors (Lipinski definition) is 3. The summed E-state index contributed by atoms with van der Waals surface area (Å²) in [6, 6.07) is 9.96. The van der Waals surface area contributed by atoms with Crippen LogP contribution in [0.2, 0.25) is 0 Å². The van der Waals surface area contributed by atoms with E-state index in [1.807, 2.05) is 44.2 Å². The second kappa shape index (κ2) is 9.61. The van der Waals surface area contributed by atoms with Gasteiger partial charge in [0.15, 0.2) is 0 Å². The zero-order valence-electron chi connectivity index (χ0n) is 15.3. The summed E-state index contributed by atoms with van der Waals surface area (Å²) < 4.78 is 0. The highest BCUT2D eigenvalue weighted by Crippen LogP contribution is 2.31. The second-order valence-corrected chi connectivity index (χ2v) is 6.05. The van der Waals surface area contributed by atoms with Crippen LogP contribution >= 0.6 is 12.2 Å². The van der Waals surface area contributed by atoms with Gasteiger partial charge in [-0.05, 0) is 50.3 Å². The maximum atomic E-state index is 9.73. The smallest absolute Gasteiger partial charge is 0.317 e. The second-order valence-electron chi connectivity index (χ2n) is 5.86. The Hall–Kier alpha value is -3.26. The zero-order chi connectivity index (χ0) is 20.7. The molecular formula is C19H18N4O4S. The fourth-order valence-corrected chi connectivity index (χ4v) is 2.56. The molecule has 0 amide bonds. The molecule has 0 spiro atoms. The van der Waals surface area contributed by atoms with E-state index in [2.05, 4.69) is 25.4 Å². The predicted molar refractivity (Wildman–Crippen MR) is 109 cm³/mol. The van der Waals surface area contributed by atoms with Gasteiger partial charge in [-0.1, -0.05) is 6.07 Å². The minimum absolute atomic E-state index is 0.313. The molecule has 0 aliphatic heterocycles. The molecule has 0 aliphatic carbocycles. The number of carboxylic acids is 2. The molecule has 0 atom stereocenters. The topological polar surface area (TPSA) is 125 Å². The van der Waals surface area contributed by atoms with Crippen LogP contribution in [0.4, 0.5) is 5.69 Å². The number of nitrogens with one attached hydrogen (secondary N) is 1. The van der Waals surface area contributed by atoms with E-state index in [-0.39, 0.29) is 13.1 Å². The van der Waals surface area contributed by atoms with Crippen LogP contribution in [0, 0.1) is 13.8 Å². The molecule has 0 unspecified atom stereocenters. The molecule has 3 aromatic rings. The lowest BCUT2D eigenvalue weighted by molar-refractivity contribution is -0.137. The van der Waals surface area contributed by atoms with Crippen LogP contribution in [-0.4, -0.2) is 50.4 Å². The Balaban J connectivity index is 0.000000266. The predicted octanol–water partition coefficient (Wildman–Crippen LogP) is 2.88. The van der Waals surface area contributed by atoms with Crippen molar-refractivity contribution >= 4 is 56.8 Å². The highest BCUT2D eigenvalue weighted by Gasteiger charge is 2.09. The molecule has 0 radical (unpaired) electrons. The summed E-state index contributed by atoms with van der Waals surface area (Å²) in [7, 11) is 0. The third kappa shape index (κ3) is 5.62. The summed E-state index contributed by atoms with van der Waals surface area (Å²) in [5.41, 5.74) is 4.49. The summed E-state index contributed by atoms with van der Waals surface area (Å²) in [6.07, 6.45) is 0. The molecule has 3 N–H and O–H groups in total. The number of isothiocyanates is 1. The number of aryl methyl sites for hydroxylation is 2. The van der Waals surface area contributed by atoms with Crippen molar-refractivity contribution < 1.29 is 19.8 Å². The minimum atomic E-state index is -1.06. The van der Waals surface area contributed by atoms with Crippen LogP contribution in [0.25, 0.3) is 21.8 Å². The molecule has 9 heteroatoms. The van der Waals surface area contributed by atoms with Gasteiger partial charge < -0.3 is 10.2 Å². The number of aromatic nitrogens is 2. The Kier molecular flexibility index (Phi) is 7.22. The normalized spacial score (nSPS) is 10.1. The van der Waals surface area contributed by atoms with Crippen molar-refractivity contribution in [2.75, 3.05) is 13.1 Å². The molecule has 0 bridgehead atoms. The Bertz CT molecular complexity index is 1080. The van der Waals surface area contributed by atoms with E-state index in [1.54, 1.807) is 0 Å². The first-order valence-corrected chi connectivity index (χ1v) is 8.62. The summed E-state index contributed by atoms with van der Waals surface area (Å²) >= 11 is 4.71. The van der Waals surface area contributed by atoms with Gasteiger partial charge >= 0.3 is 11.9 Å². The Labute approximate surface area is 166 Å². The van der Waals surface area contributed by atoms with Crippen LogP contribution in [0.3, 0.4) is 0 Å². The molecule has 1 aromatic carbocycles. The van der Waals surface area contributed by atoms with Crippen LogP contribution in [0.5, 0.6) is 0 Å². The van der Waals surface area contributed by atoms with Gasteiger partial charge in [0.25, 0.3) is 0 Å². The third-order valence-corrected chi connectivity index (χ3v) is 3.70. The van der Waals surface area contributed by atoms with Gasteiger partial charge in [0.1, 0.15) is 0 Å². The molecule has 0 aliphatic rings. The molecular weight excluding hydrogens is 380 g/mol. The zero-order valence-corrected chi connectivity index (χ0v) is 16.1. The first-order valence-electron chi connectivity index (χ1n) is 8.21. The van der Waals surface area contributed by atoms with E-state index in [0.717, 1.165) is 38.9 Å². The molecule has 0 fully saturated rings. The highest BCUT2D eigenvalue weighted by atomic mass is 32.1. The van der Waals surface area contributed by atoms with E-state index in [0.29, 0.717) is 0 Å². The van der Waals surface area contributed by atoms with Gasteiger partial charge in [-0.3, -0.25) is 24.9 Å². The lowest BCUT2D eigenvalue weighted by atomic mass is 10.1. The van der Waals surface area contributed by atoms with Crippen molar-refractivity contribution in [3.8, 4) is 0 Å². The van der Waals surface area contributed by atoms with E-state index < -0.39 is 11.9 Å². The molecule has 2 aromatic heterocycles. The van der Waals surface area contributed by atoms with Crippen LogP contribution in [0.15, 0.2) is 35.3 Å². The van der Waals surface area contributed by atoms with E-state index in [4.69, 9.17) is 22.4 Å². The number of thiocarbonyl (C=S) groups is 1. The number of aliphatic carboxylic acids is 2. The van der Waals surface area contributed by atoms with Crippen molar-refractivity contribution in [2.45, 2.75) is 13.8 Å². The summed E-state index contributed by atoms with van der Waals surface area (Å²) in [5.74, 6) is -2.12. The van der Waals surface area contributed by atoms with Gasteiger partial charge in [0.05, 0.1) is 35.0 Å². The number of carbonyl (C=O) groups is 2. The van der Waals surface area contributed by atoms with Gasteiger partial charge in [0, 0.05) is 22.2 Å². The largest absolute Gasteiger partial charge is 0.480 e. The Morgan fingerprint density at radius 1 is 1.04 bits per heavy atom. The summed E-state index contributed by atoms with van der Waals surface area (Å²) in [5, 5.41) is 22.5. The summed E-state index contributed by atoms with van der Waals surface area (Å²) in [6.45, 7) is 3.32. The van der Waals surface area contributed by atoms with Gasteiger partial charge in [-0.2, -0.15) is 4.99 Å². The van der Waals surface area contributed by atoms with E-state index in [1.165, 1.54) is 0 Å². The SMILES string of the molecule is Cc1ccc2cc(N=C=S)c3ccc(C)nc3c2n1.O=C(O)CNCC(=O)O. The first kappa shape index (κ1) is 21.0. The minimum Gasteiger partial charge on any atom is -0.480 e. The molecule has 28 heavy (non-hydrogen) atoms. The monoisotopic (exact) mass is 398 g/mol. The number of fused-ring (bicyclic) bond motifs is 3. The Morgan fingerprint density at radius 3 is 2.18 bits per heavy atom. The molecule has 2 heterocycles. The molecule has 8 nitrogen and oxygen atoms in total. The molecule has 0 saturated carbocycles. The number of aliphatic imine (C=N–C) groups is 1. The number of carboxylic acid groups (broad SMARTS) is 2. The lowest BCUT2D eigenvalue weighted by Gasteiger charge is -2.07. The maximum absolute atomic E-state index is 9.73. The van der Waals surface area contributed by atoms with E-state index in [9.17, 15) is 9.59 Å². The van der Waals surface area contributed by atoms with Crippen molar-refractivity contribution in [3.05, 3.63) is 41.7 Å². The van der Waals surface area contributed by atoms with Crippen molar-refractivity contribution in [2.24, 2.45) is 4.99 Å². The van der Waals surface area contributed by atoms with Crippen LogP contribution in [-0.2, 0) is 9.59 Å². The quantitative estimate of drug-likeness (QED) is 0.340. The summed E-state index contributed by atoms with van der Waals surface area (Å²) in [4.78, 5) is 32.8. The maximum Gasteiger partial charge on any atom is 0.317 e. The number of benzene rings is 1. The Morgan fingerprint density at radius 2 is 1.61 bits per heavy atom.